The van der Waals surface area contributed by atoms with E-state index in [0.29, 0.717) is 19.1 Å². The average Bonchev–Trinajstić information content (AvgIpc) is 2.38. The van der Waals surface area contributed by atoms with Crippen molar-refractivity contribution in [3.8, 4) is 0 Å². The van der Waals surface area contributed by atoms with Gasteiger partial charge in [0.25, 0.3) is 0 Å². The lowest BCUT2D eigenvalue weighted by Crippen LogP contribution is -2.33. The summed E-state index contributed by atoms with van der Waals surface area (Å²) in [5, 5.41) is 6.23. The fourth-order valence-corrected chi connectivity index (χ4v) is 2.55. The van der Waals surface area contributed by atoms with Crippen molar-refractivity contribution in [1.82, 2.24) is 5.32 Å². The lowest BCUT2D eigenvalue weighted by atomic mass is 10.1. The first-order valence-corrected chi connectivity index (χ1v) is 7.34. The predicted molar refractivity (Wildman–Crippen MR) is 81.0 cm³/mol. The van der Waals surface area contributed by atoms with Crippen LogP contribution < -0.4 is 10.6 Å². The molecule has 110 valence electrons. The molecule has 0 spiro atoms. The quantitative estimate of drug-likeness (QED) is 0.868. The molecule has 1 heterocycles. The number of hydrogen-bond donors (Lipinski definition) is 2. The highest BCUT2D eigenvalue weighted by Gasteiger charge is 2.13. The third-order valence-electron chi connectivity index (χ3n) is 3.47. The molecule has 1 aliphatic rings. The van der Waals surface area contributed by atoms with Gasteiger partial charge in [0, 0.05) is 5.69 Å². The Kier molecular flexibility index (Phi) is 5.56. The Labute approximate surface area is 120 Å². The molecule has 4 nitrogen and oxygen atoms in total. The van der Waals surface area contributed by atoms with E-state index in [2.05, 4.69) is 16.7 Å². The summed E-state index contributed by atoms with van der Waals surface area (Å²) in [7, 11) is 0. The Morgan fingerprint density at radius 3 is 2.55 bits per heavy atom. The smallest absolute Gasteiger partial charge is 0.226 e. The van der Waals surface area contributed by atoms with E-state index < -0.39 is 0 Å². The number of amides is 1. The van der Waals surface area contributed by atoms with Gasteiger partial charge in [-0.3, -0.25) is 4.79 Å². The second-order valence-electron chi connectivity index (χ2n) is 5.49. The Balaban J connectivity index is 1.72. The van der Waals surface area contributed by atoms with Crippen molar-refractivity contribution in [3.63, 3.8) is 0 Å². The maximum Gasteiger partial charge on any atom is 0.226 e. The molecule has 2 rings (SSSR count). The number of carbonyl (C=O) groups is 1. The zero-order valence-electron chi connectivity index (χ0n) is 12.4. The summed E-state index contributed by atoms with van der Waals surface area (Å²) in [5.74, 6) is 0.0175. The normalized spacial score (nSPS) is 16.1. The highest BCUT2D eigenvalue weighted by molar-refractivity contribution is 5.90. The molecule has 1 fully saturated rings. The molecule has 0 unspecified atom stereocenters. The zero-order valence-corrected chi connectivity index (χ0v) is 12.4. The van der Waals surface area contributed by atoms with Crippen molar-refractivity contribution >= 4 is 11.6 Å². The molecule has 1 amide bonds. The van der Waals surface area contributed by atoms with Gasteiger partial charge in [0.05, 0.1) is 19.1 Å². The Morgan fingerprint density at radius 2 is 1.90 bits per heavy atom. The van der Waals surface area contributed by atoms with Crippen LogP contribution in [0.25, 0.3) is 0 Å². The number of nitrogens with one attached hydrogen (secondary N) is 2. The Morgan fingerprint density at radius 1 is 1.25 bits per heavy atom. The van der Waals surface area contributed by atoms with Crippen LogP contribution >= 0.6 is 0 Å². The van der Waals surface area contributed by atoms with Gasteiger partial charge in [-0.2, -0.15) is 0 Å². The van der Waals surface area contributed by atoms with Crippen LogP contribution in [0.5, 0.6) is 0 Å². The largest absolute Gasteiger partial charge is 0.378 e. The lowest BCUT2D eigenvalue weighted by Gasteiger charge is -2.22. The van der Waals surface area contributed by atoms with Gasteiger partial charge in [-0.15, -0.1) is 0 Å². The number of piperidine rings is 1. The number of benzene rings is 1. The molecule has 0 bridgehead atoms. The molecule has 0 aliphatic carbocycles. The highest BCUT2D eigenvalue weighted by Crippen LogP contribution is 2.14. The van der Waals surface area contributed by atoms with Gasteiger partial charge < -0.3 is 15.4 Å². The van der Waals surface area contributed by atoms with Crippen molar-refractivity contribution in [1.29, 1.82) is 0 Å². The van der Waals surface area contributed by atoms with E-state index in [0.717, 1.165) is 42.7 Å². The van der Waals surface area contributed by atoms with Crippen LogP contribution in [0.15, 0.2) is 18.2 Å². The first-order valence-electron chi connectivity index (χ1n) is 7.34. The van der Waals surface area contributed by atoms with Crippen LogP contribution in [0.3, 0.4) is 0 Å². The van der Waals surface area contributed by atoms with Crippen LogP contribution in [-0.4, -0.2) is 31.7 Å². The Hall–Kier alpha value is -1.39. The van der Waals surface area contributed by atoms with E-state index >= 15 is 0 Å². The molecule has 4 heteroatoms. The maximum absolute atomic E-state index is 11.9. The number of rotatable bonds is 5. The summed E-state index contributed by atoms with van der Waals surface area (Å²) in [6, 6.07) is 6.06. The van der Waals surface area contributed by atoms with Gasteiger partial charge in [-0.1, -0.05) is 6.07 Å². The maximum atomic E-state index is 11.9. The number of carbonyl (C=O) groups excluding carboxylic acids is 1. The number of aryl methyl sites for hydroxylation is 2. The molecule has 0 saturated carbocycles. The molecular formula is C16H24N2O2. The number of anilines is 1. The molecule has 1 aromatic carbocycles. The predicted octanol–water partition coefficient (Wildman–Crippen LogP) is 2.40. The second-order valence-corrected chi connectivity index (χ2v) is 5.49. The fraction of sp³-hybridized carbons (Fsp3) is 0.562. The minimum absolute atomic E-state index is 0.0175. The minimum Gasteiger partial charge on any atom is -0.378 e. The van der Waals surface area contributed by atoms with E-state index in [4.69, 9.17) is 4.74 Å². The van der Waals surface area contributed by atoms with Gasteiger partial charge in [-0.05, 0) is 63.0 Å². The molecule has 1 saturated heterocycles. The van der Waals surface area contributed by atoms with Gasteiger partial charge >= 0.3 is 0 Å². The van der Waals surface area contributed by atoms with Crippen LogP contribution in [0, 0.1) is 13.8 Å². The molecular weight excluding hydrogens is 252 g/mol. The molecule has 2 N–H and O–H groups in total. The summed E-state index contributed by atoms with van der Waals surface area (Å²) in [5.41, 5.74) is 3.19. The highest BCUT2D eigenvalue weighted by atomic mass is 16.5. The number of hydrogen-bond acceptors (Lipinski definition) is 3. The summed E-state index contributed by atoms with van der Waals surface area (Å²) in [6.07, 6.45) is 2.80. The van der Waals surface area contributed by atoms with Crippen LogP contribution in [0.2, 0.25) is 0 Å². The van der Waals surface area contributed by atoms with E-state index in [-0.39, 0.29) is 5.91 Å². The topological polar surface area (TPSA) is 50.4 Å². The van der Waals surface area contributed by atoms with Crippen LogP contribution in [0.4, 0.5) is 5.69 Å². The van der Waals surface area contributed by atoms with Gasteiger partial charge in [0.2, 0.25) is 5.91 Å². The molecule has 0 radical (unpaired) electrons. The average molecular weight is 276 g/mol. The Bertz CT molecular complexity index is 434. The van der Waals surface area contributed by atoms with Crippen molar-refractivity contribution in [2.45, 2.75) is 39.2 Å². The van der Waals surface area contributed by atoms with Crippen molar-refractivity contribution < 1.29 is 9.53 Å². The van der Waals surface area contributed by atoms with Crippen molar-refractivity contribution in [2.24, 2.45) is 0 Å². The SMILES string of the molecule is Cc1cc(C)cc(NC(=O)CCOC2CCNCC2)c1. The van der Waals surface area contributed by atoms with Gasteiger partial charge in [0.15, 0.2) is 0 Å². The van der Waals surface area contributed by atoms with Crippen molar-refractivity contribution in [2.75, 3.05) is 25.0 Å². The third-order valence-corrected chi connectivity index (χ3v) is 3.47. The lowest BCUT2D eigenvalue weighted by molar-refractivity contribution is -0.117. The fourth-order valence-electron chi connectivity index (χ4n) is 2.55. The van der Waals surface area contributed by atoms with Gasteiger partial charge in [0.1, 0.15) is 0 Å². The van der Waals surface area contributed by atoms with E-state index in [9.17, 15) is 4.79 Å². The monoisotopic (exact) mass is 276 g/mol. The van der Waals surface area contributed by atoms with Crippen molar-refractivity contribution in [3.05, 3.63) is 29.3 Å². The van der Waals surface area contributed by atoms with E-state index in [1.54, 1.807) is 0 Å². The molecule has 0 aromatic heterocycles. The zero-order chi connectivity index (χ0) is 14.4. The summed E-state index contributed by atoms with van der Waals surface area (Å²) in [6.45, 7) is 6.59. The molecule has 0 atom stereocenters. The minimum atomic E-state index is 0.0175. The molecule has 20 heavy (non-hydrogen) atoms. The molecule has 1 aromatic rings. The standard InChI is InChI=1S/C16H24N2O2/c1-12-9-13(2)11-14(10-12)18-16(19)5-8-20-15-3-6-17-7-4-15/h9-11,15,17H,3-8H2,1-2H3,(H,18,19). The first kappa shape index (κ1) is 15.0. The third kappa shape index (κ3) is 4.94. The summed E-state index contributed by atoms with van der Waals surface area (Å²) in [4.78, 5) is 11.9. The van der Waals surface area contributed by atoms with E-state index in [1.165, 1.54) is 0 Å². The first-order chi connectivity index (χ1) is 9.63. The summed E-state index contributed by atoms with van der Waals surface area (Å²) >= 11 is 0. The second kappa shape index (κ2) is 7.41. The summed E-state index contributed by atoms with van der Waals surface area (Å²) < 4.78 is 5.74. The van der Waals surface area contributed by atoms with E-state index in [1.807, 2.05) is 26.0 Å². The van der Waals surface area contributed by atoms with Crippen LogP contribution in [0.1, 0.15) is 30.4 Å². The van der Waals surface area contributed by atoms with Crippen LogP contribution in [-0.2, 0) is 9.53 Å². The molecule has 1 aliphatic heterocycles. The number of ether oxygens (including phenoxy) is 1. The van der Waals surface area contributed by atoms with Gasteiger partial charge in [-0.25, -0.2) is 0 Å².